The Morgan fingerprint density at radius 3 is 2.27 bits per heavy atom. The summed E-state index contributed by atoms with van der Waals surface area (Å²) in [7, 11) is 0. The maximum Gasteiger partial charge on any atom is 0.303 e. The monoisotopic (exact) mass is 159 g/mol. The molecular formula is C8H17NO2. The molecule has 66 valence electrons. The molecular weight excluding hydrogens is 142 g/mol. The van der Waals surface area contributed by atoms with E-state index in [-0.39, 0.29) is 18.4 Å². The zero-order chi connectivity index (χ0) is 8.85. The Balaban J connectivity index is 3.84. The molecule has 0 saturated heterocycles. The number of aliphatic carboxylic acids is 1. The predicted octanol–water partition coefficient (Wildman–Crippen LogP) is 1.22. The van der Waals surface area contributed by atoms with Crippen molar-refractivity contribution in [2.75, 3.05) is 0 Å². The van der Waals surface area contributed by atoms with Gasteiger partial charge in [0, 0.05) is 12.5 Å². The van der Waals surface area contributed by atoms with Crippen LogP contribution in [0.25, 0.3) is 0 Å². The maximum atomic E-state index is 10.3. The molecule has 0 aliphatic carbocycles. The lowest BCUT2D eigenvalue weighted by Crippen LogP contribution is -2.30. The fourth-order valence-corrected chi connectivity index (χ4v) is 1.16. The van der Waals surface area contributed by atoms with Crippen LogP contribution in [-0.4, -0.2) is 17.1 Å². The Hall–Kier alpha value is -0.570. The van der Waals surface area contributed by atoms with Gasteiger partial charge in [0.25, 0.3) is 0 Å². The van der Waals surface area contributed by atoms with Crippen LogP contribution in [-0.2, 0) is 4.79 Å². The second-order valence-corrected chi connectivity index (χ2v) is 2.84. The highest BCUT2D eigenvalue weighted by Crippen LogP contribution is 2.13. The normalized spacial score (nSPS) is 15.9. The predicted molar refractivity (Wildman–Crippen MR) is 44.3 cm³/mol. The van der Waals surface area contributed by atoms with Gasteiger partial charge in [0.05, 0.1) is 0 Å². The van der Waals surface area contributed by atoms with Gasteiger partial charge in [0.1, 0.15) is 0 Å². The van der Waals surface area contributed by atoms with Gasteiger partial charge in [0.2, 0.25) is 0 Å². The lowest BCUT2D eigenvalue weighted by Gasteiger charge is -2.18. The highest BCUT2D eigenvalue weighted by molar-refractivity contribution is 5.67. The molecule has 0 aromatic rings. The molecule has 0 rings (SSSR count). The Morgan fingerprint density at radius 1 is 1.45 bits per heavy atom. The average Bonchev–Trinajstić information content (AvgIpc) is 1.98. The zero-order valence-corrected chi connectivity index (χ0v) is 7.21. The molecule has 0 aromatic carbocycles. The minimum atomic E-state index is -0.749. The molecule has 0 bridgehead atoms. The van der Waals surface area contributed by atoms with Crippen molar-refractivity contribution < 1.29 is 9.90 Å². The summed E-state index contributed by atoms with van der Waals surface area (Å²) in [6, 6.07) is 0.0381. The van der Waals surface area contributed by atoms with Gasteiger partial charge in [-0.25, -0.2) is 0 Å². The quantitative estimate of drug-likeness (QED) is 0.634. The molecule has 11 heavy (non-hydrogen) atoms. The maximum absolute atomic E-state index is 10.3. The van der Waals surface area contributed by atoms with E-state index in [0.717, 1.165) is 12.8 Å². The van der Waals surface area contributed by atoms with Crippen molar-refractivity contribution >= 4 is 5.97 Å². The highest BCUT2D eigenvalue weighted by Gasteiger charge is 2.16. The van der Waals surface area contributed by atoms with Crippen LogP contribution in [0.15, 0.2) is 0 Å². The average molecular weight is 159 g/mol. The largest absolute Gasteiger partial charge is 0.481 e. The Labute approximate surface area is 67.6 Å². The van der Waals surface area contributed by atoms with E-state index < -0.39 is 5.97 Å². The third-order valence-corrected chi connectivity index (χ3v) is 2.04. The third kappa shape index (κ3) is 3.98. The van der Waals surface area contributed by atoms with Crippen molar-refractivity contribution in [2.45, 2.75) is 39.2 Å². The Bertz CT molecular complexity index is 125. The van der Waals surface area contributed by atoms with Crippen molar-refractivity contribution in [1.82, 2.24) is 0 Å². The SMILES string of the molecule is CCC(N)C(CC)CC(=O)O. The van der Waals surface area contributed by atoms with Crippen molar-refractivity contribution in [3.8, 4) is 0 Å². The molecule has 2 unspecified atom stereocenters. The van der Waals surface area contributed by atoms with Crippen LogP contribution in [0, 0.1) is 5.92 Å². The van der Waals surface area contributed by atoms with E-state index in [0.29, 0.717) is 0 Å². The van der Waals surface area contributed by atoms with Gasteiger partial charge < -0.3 is 10.8 Å². The van der Waals surface area contributed by atoms with Gasteiger partial charge in [0.15, 0.2) is 0 Å². The van der Waals surface area contributed by atoms with E-state index in [9.17, 15) is 4.79 Å². The van der Waals surface area contributed by atoms with E-state index in [1.807, 2.05) is 13.8 Å². The van der Waals surface area contributed by atoms with Crippen molar-refractivity contribution in [1.29, 1.82) is 0 Å². The zero-order valence-electron chi connectivity index (χ0n) is 7.21. The van der Waals surface area contributed by atoms with Crippen LogP contribution in [0.2, 0.25) is 0 Å². The van der Waals surface area contributed by atoms with Crippen molar-refractivity contribution in [3.05, 3.63) is 0 Å². The summed E-state index contributed by atoms with van der Waals surface area (Å²) in [6.45, 7) is 3.96. The molecule has 0 aromatic heterocycles. The number of rotatable bonds is 5. The molecule has 0 fully saturated rings. The van der Waals surface area contributed by atoms with Crippen LogP contribution < -0.4 is 5.73 Å². The minimum absolute atomic E-state index is 0.0381. The molecule has 3 nitrogen and oxygen atoms in total. The summed E-state index contributed by atoms with van der Waals surface area (Å²) in [6.07, 6.45) is 1.90. The van der Waals surface area contributed by atoms with Crippen LogP contribution >= 0.6 is 0 Å². The van der Waals surface area contributed by atoms with Gasteiger partial charge in [-0.05, 0) is 12.3 Å². The first-order chi connectivity index (χ1) is 5.11. The molecule has 0 radical (unpaired) electrons. The van der Waals surface area contributed by atoms with Crippen molar-refractivity contribution in [3.63, 3.8) is 0 Å². The minimum Gasteiger partial charge on any atom is -0.481 e. The van der Waals surface area contributed by atoms with E-state index in [1.54, 1.807) is 0 Å². The first-order valence-electron chi connectivity index (χ1n) is 4.09. The molecule has 0 heterocycles. The third-order valence-electron chi connectivity index (χ3n) is 2.04. The number of hydrogen-bond acceptors (Lipinski definition) is 2. The molecule has 2 atom stereocenters. The fourth-order valence-electron chi connectivity index (χ4n) is 1.16. The smallest absolute Gasteiger partial charge is 0.303 e. The summed E-state index contributed by atoms with van der Waals surface area (Å²) in [5.74, 6) is -0.613. The number of carboxylic acid groups (broad SMARTS) is 1. The lowest BCUT2D eigenvalue weighted by atomic mass is 9.92. The molecule has 0 aliphatic rings. The first kappa shape index (κ1) is 10.4. The van der Waals surface area contributed by atoms with Gasteiger partial charge in [-0.2, -0.15) is 0 Å². The number of carboxylic acids is 1. The summed E-state index contributed by atoms with van der Waals surface area (Å²) >= 11 is 0. The molecule has 3 heteroatoms. The summed E-state index contributed by atoms with van der Waals surface area (Å²) in [5.41, 5.74) is 5.71. The lowest BCUT2D eigenvalue weighted by molar-refractivity contribution is -0.138. The second-order valence-electron chi connectivity index (χ2n) is 2.84. The summed E-state index contributed by atoms with van der Waals surface area (Å²) in [5, 5.41) is 8.50. The molecule has 0 aliphatic heterocycles. The molecule has 0 amide bonds. The standard InChI is InChI=1S/C8H17NO2/c1-3-6(5-8(10)11)7(9)4-2/h6-7H,3-5,9H2,1-2H3,(H,10,11). The number of hydrogen-bond donors (Lipinski definition) is 2. The number of carbonyl (C=O) groups is 1. The van der Waals surface area contributed by atoms with E-state index in [1.165, 1.54) is 0 Å². The van der Waals surface area contributed by atoms with Crippen LogP contribution in [0.3, 0.4) is 0 Å². The van der Waals surface area contributed by atoms with Gasteiger partial charge in [-0.15, -0.1) is 0 Å². The van der Waals surface area contributed by atoms with Crippen LogP contribution in [0.1, 0.15) is 33.1 Å². The van der Waals surface area contributed by atoms with E-state index >= 15 is 0 Å². The van der Waals surface area contributed by atoms with Crippen LogP contribution in [0.4, 0.5) is 0 Å². The Morgan fingerprint density at radius 2 is 2.00 bits per heavy atom. The van der Waals surface area contributed by atoms with Crippen molar-refractivity contribution in [2.24, 2.45) is 11.7 Å². The number of nitrogens with two attached hydrogens (primary N) is 1. The molecule has 3 N–H and O–H groups in total. The molecule has 0 saturated carbocycles. The Kier molecular flexibility index (Phi) is 4.86. The van der Waals surface area contributed by atoms with E-state index in [2.05, 4.69) is 0 Å². The van der Waals surface area contributed by atoms with E-state index in [4.69, 9.17) is 10.8 Å². The first-order valence-corrected chi connectivity index (χ1v) is 4.09. The van der Waals surface area contributed by atoms with Gasteiger partial charge in [-0.1, -0.05) is 20.3 Å². The topological polar surface area (TPSA) is 63.3 Å². The van der Waals surface area contributed by atoms with Crippen LogP contribution in [0.5, 0.6) is 0 Å². The summed E-state index contributed by atoms with van der Waals surface area (Å²) < 4.78 is 0. The highest BCUT2D eigenvalue weighted by atomic mass is 16.4. The molecule has 0 spiro atoms. The van der Waals surface area contributed by atoms with Gasteiger partial charge >= 0.3 is 5.97 Å². The second kappa shape index (κ2) is 5.13. The summed E-state index contributed by atoms with van der Waals surface area (Å²) in [4.78, 5) is 10.3. The van der Waals surface area contributed by atoms with Gasteiger partial charge in [-0.3, -0.25) is 4.79 Å². The fraction of sp³-hybridized carbons (Fsp3) is 0.875.